The lowest BCUT2D eigenvalue weighted by Crippen LogP contribution is -2.36. The summed E-state index contributed by atoms with van der Waals surface area (Å²) in [4.78, 5) is 36.8. The molecule has 4 aromatic heterocycles. The Morgan fingerprint density at radius 3 is 1.63 bits per heavy atom. The highest BCUT2D eigenvalue weighted by Crippen LogP contribution is 2.58. The van der Waals surface area contributed by atoms with Gasteiger partial charge in [-0.3, -0.25) is 9.59 Å². The first-order valence-corrected chi connectivity index (χ1v) is 29.3. The van der Waals surface area contributed by atoms with Gasteiger partial charge in [-0.15, -0.1) is 45.3 Å². The lowest BCUT2D eigenvalue weighted by atomic mass is 9.78. The Kier molecular flexibility index (Phi) is 18.7. The van der Waals surface area contributed by atoms with Crippen LogP contribution in [0.25, 0.3) is 39.7 Å². The van der Waals surface area contributed by atoms with Gasteiger partial charge >= 0.3 is 0 Å². The molecule has 65 heavy (non-hydrogen) atoms. The molecule has 0 spiro atoms. The molecule has 1 aliphatic heterocycles. The van der Waals surface area contributed by atoms with Crippen LogP contribution < -0.4 is 4.74 Å². The van der Waals surface area contributed by atoms with Crippen molar-refractivity contribution in [3.63, 3.8) is 0 Å². The lowest BCUT2D eigenvalue weighted by molar-refractivity contribution is 0.0323. The maximum Gasteiger partial charge on any atom is 0.164 e. The van der Waals surface area contributed by atoms with Crippen molar-refractivity contribution in [1.82, 2.24) is 0 Å². The molecule has 2 atom stereocenters. The molecule has 0 saturated heterocycles. The number of ether oxygens (including phenoxy) is 1. The molecule has 5 heterocycles. The summed E-state index contributed by atoms with van der Waals surface area (Å²) in [5.74, 6) is 4.27. The fourth-order valence-corrected chi connectivity index (χ4v) is 14.9. The first kappa shape index (κ1) is 52.1. The van der Waals surface area contributed by atoms with Gasteiger partial charge in [0, 0.05) is 75.3 Å². The van der Waals surface area contributed by atoms with Crippen LogP contribution in [-0.2, 0) is 11.0 Å². The van der Waals surface area contributed by atoms with Crippen LogP contribution in [0.3, 0.4) is 0 Å². The molecule has 7 heteroatoms. The fraction of sp³-hybridized carbons (Fsp3) is 0.655. The largest absolute Gasteiger partial charge is 0.481 e. The molecular formula is C58H84O3S4. The molecule has 2 unspecified atom stereocenters. The number of thiophene rings is 4. The van der Waals surface area contributed by atoms with E-state index in [0.29, 0.717) is 24.7 Å². The van der Waals surface area contributed by atoms with E-state index in [0.717, 1.165) is 131 Å². The van der Waals surface area contributed by atoms with Gasteiger partial charge in [-0.1, -0.05) is 153 Å². The van der Waals surface area contributed by atoms with Crippen LogP contribution in [0.5, 0.6) is 5.75 Å². The van der Waals surface area contributed by atoms with E-state index in [2.05, 4.69) is 107 Å². The zero-order chi connectivity index (χ0) is 47.1. The number of benzene rings is 1. The Morgan fingerprint density at radius 2 is 1.11 bits per heavy atom. The molecule has 0 N–H and O–H groups in total. The number of carbonyl (C=O) groups excluding carboxylic acids is 2. The van der Waals surface area contributed by atoms with Gasteiger partial charge in [-0.25, -0.2) is 0 Å². The van der Waals surface area contributed by atoms with Gasteiger partial charge in [0.15, 0.2) is 11.6 Å². The van der Waals surface area contributed by atoms with Crippen LogP contribution in [0.15, 0.2) is 24.3 Å². The van der Waals surface area contributed by atoms with E-state index in [1.165, 1.54) is 68.5 Å². The molecular weight excluding hydrogens is 873 g/mol. The molecule has 3 nitrogen and oxygen atoms in total. The Morgan fingerprint density at radius 1 is 0.585 bits per heavy atom. The van der Waals surface area contributed by atoms with E-state index in [-0.39, 0.29) is 22.6 Å². The molecule has 0 amide bonds. The molecule has 0 radical (unpaired) electrons. The highest BCUT2D eigenvalue weighted by atomic mass is 32.1. The molecule has 358 valence electrons. The van der Waals surface area contributed by atoms with Crippen molar-refractivity contribution in [3.05, 3.63) is 50.7 Å². The zero-order valence-corrected chi connectivity index (χ0v) is 45.9. The number of hydrogen-bond acceptors (Lipinski definition) is 7. The number of rotatable bonds is 27. The molecule has 1 aromatic carbocycles. The van der Waals surface area contributed by atoms with E-state index in [1.807, 2.05) is 22.7 Å². The van der Waals surface area contributed by atoms with E-state index >= 15 is 0 Å². The second-order valence-corrected chi connectivity index (χ2v) is 26.5. The summed E-state index contributed by atoms with van der Waals surface area (Å²) in [5.41, 5.74) is 2.65. The van der Waals surface area contributed by atoms with E-state index < -0.39 is 0 Å². The Balaban J connectivity index is 1.45. The van der Waals surface area contributed by atoms with Gasteiger partial charge in [0.2, 0.25) is 0 Å². The smallest absolute Gasteiger partial charge is 0.164 e. The first-order chi connectivity index (χ1) is 31.0. The average Bonchev–Trinajstić information content (AvgIpc) is 4.06. The van der Waals surface area contributed by atoms with Crippen molar-refractivity contribution in [1.29, 1.82) is 0 Å². The standard InChI is InChI=1S/C58H84O3S4/c1-13-15-17-19-27-45(59)51-42-34-48(63-53(42)52(46(60)28-20-18-16-14-2)43-35-50(57(10,11)12)65-54(43)51)49-36-47-56(64-49)55-44(33-41(9)62-55)58(61-47,31-29-39(7)25-21-23-37(3)4)32-30-40(8)26-22-24-38(5)6/h33-40H,13-32H2,1-12H3. The molecule has 0 fully saturated rings. The number of ketones is 2. The molecule has 0 aliphatic carbocycles. The second kappa shape index (κ2) is 23.3. The maximum absolute atomic E-state index is 14.6. The van der Waals surface area contributed by atoms with Crippen LogP contribution >= 0.6 is 45.3 Å². The topological polar surface area (TPSA) is 43.4 Å². The fourth-order valence-electron chi connectivity index (χ4n) is 10.00. The lowest BCUT2D eigenvalue weighted by Gasteiger charge is -2.39. The first-order valence-electron chi connectivity index (χ1n) is 26.0. The van der Waals surface area contributed by atoms with Gasteiger partial charge < -0.3 is 4.74 Å². The highest BCUT2D eigenvalue weighted by Gasteiger charge is 2.43. The highest BCUT2D eigenvalue weighted by molar-refractivity contribution is 7.29. The summed E-state index contributed by atoms with van der Waals surface area (Å²) >= 11 is 7.26. The van der Waals surface area contributed by atoms with Crippen molar-refractivity contribution in [2.24, 2.45) is 23.7 Å². The van der Waals surface area contributed by atoms with Crippen LogP contribution in [0.4, 0.5) is 0 Å². The number of fused-ring (bicyclic) bond motifs is 5. The normalized spacial score (nSPS) is 16.2. The summed E-state index contributed by atoms with van der Waals surface area (Å²) < 4.78 is 9.59. The Bertz CT molecular complexity index is 2230. The number of Topliss-reactive ketones (excluding diaryl/α,β-unsaturated/α-hetero) is 2. The third-order valence-electron chi connectivity index (χ3n) is 14.1. The Labute approximate surface area is 410 Å². The quantitative estimate of drug-likeness (QED) is 0.0389. The third kappa shape index (κ3) is 12.9. The van der Waals surface area contributed by atoms with Crippen molar-refractivity contribution < 1.29 is 14.3 Å². The van der Waals surface area contributed by atoms with E-state index in [9.17, 15) is 9.59 Å². The number of carbonyl (C=O) groups is 2. The van der Waals surface area contributed by atoms with Crippen molar-refractivity contribution in [3.8, 4) is 25.3 Å². The molecule has 6 rings (SSSR count). The minimum absolute atomic E-state index is 0.0903. The molecule has 1 aliphatic rings. The van der Waals surface area contributed by atoms with Crippen LogP contribution in [0.2, 0.25) is 0 Å². The number of unbranched alkanes of at least 4 members (excludes halogenated alkanes) is 6. The third-order valence-corrected chi connectivity index (χ3v) is 19.4. The summed E-state index contributed by atoms with van der Waals surface area (Å²) in [7, 11) is 0. The van der Waals surface area contributed by atoms with Crippen molar-refractivity contribution >= 4 is 77.1 Å². The average molecular weight is 958 g/mol. The second-order valence-electron chi connectivity index (χ2n) is 22.1. The zero-order valence-electron chi connectivity index (χ0n) is 42.6. The SMILES string of the molecule is CCCCCCC(=O)c1c2cc(C(C)(C)C)sc2c(C(=O)CCCCCC)c2cc(-c3cc4c(s3)-c3sc(C)cc3C(CCC(C)CCCC(C)C)(CCC(C)CCCC(C)C)O4)sc12. The molecule has 5 aromatic rings. The number of hydrogen-bond donors (Lipinski definition) is 0. The van der Waals surface area contributed by atoms with Crippen LogP contribution in [-0.4, -0.2) is 11.6 Å². The molecule has 0 bridgehead atoms. The van der Waals surface area contributed by atoms with E-state index in [4.69, 9.17) is 4.74 Å². The van der Waals surface area contributed by atoms with E-state index in [1.54, 1.807) is 22.7 Å². The Hall–Kier alpha value is -2.32. The predicted molar refractivity (Wildman–Crippen MR) is 290 cm³/mol. The van der Waals surface area contributed by atoms with Gasteiger partial charge in [0.1, 0.15) is 11.4 Å². The van der Waals surface area contributed by atoms with Gasteiger partial charge in [0.25, 0.3) is 0 Å². The summed E-state index contributed by atoms with van der Waals surface area (Å²) in [6.45, 7) is 27.8. The summed E-state index contributed by atoms with van der Waals surface area (Å²) in [6.07, 6.45) is 21.7. The predicted octanol–water partition coefficient (Wildman–Crippen LogP) is 20.6. The summed E-state index contributed by atoms with van der Waals surface area (Å²) in [6, 6.07) is 9.34. The monoisotopic (exact) mass is 957 g/mol. The minimum Gasteiger partial charge on any atom is -0.481 e. The van der Waals surface area contributed by atoms with Crippen LogP contribution in [0, 0.1) is 30.6 Å². The van der Waals surface area contributed by atoms with Gasteiger partial charge in [-0.2, -0.15) is 0 Å². The maximum atomic E-state index is 14.6. The van der Waals surface area contributed by atoms with Gasteiger partial charge in [0.05, 0.1) is 9.75 Å². The molecule has 0 saturated carbocycles. The van der Waals surface area contributed by atoms with Crippen molar-refractivity contribution in [2.75, 3.05) is 0 Å². The van der Waals surface area contributed by atoms with Crippen molar-refractivity contribution in [2.45, 2.75) is 223 Å². The minimum atomic E-state index is -0.353. The number of aryl methyl sites for hydroxylation is 1. The van der Waals surface area contributed by atoms with Crippen LogP contribution in [0.1, 0.15) is 241 Å². The summed E-state index contributed by atoms with van der Waals surface area (Å²) in [5, 5.41) is 1.97. The van der Waals surface area contributed by atoms with Gasteiger partial charge in [-0.05, 0) is 92.7 Å².